The van der Waals surface area contributed by atoms with E-state index in [4.69, 9.17) is 14.2 Å². The van der Waals surface area contributed by atoms with E-state index >= 15 is 0 Å². The molecule has 2 aliphatic carbocycles. The van der Waals surface area contributed by atoms with Crippen molar-refractivity contribution in [3.63, 3.8) is 0 Å². The topological polar surface area (TPSA) is 27.7 Å². The molecule has 27 heavy (non-hydrogen) atoms. The molecule has 0 N–H and O–H groups in total. The van der Waals surface area contributed by atoms with E-state index in [2.05, 4.69) is 27.7 Å². The van der Waals surface area contributed by atoms with Crippen molar-refractivity contribution in [2.24, 2.45) is 35.0 Å². The Morgan fingerprint density at radius 3 is 1.67 bits per heavy atom. The van der Waals surface area contributed by atoms with E-state index in [0.29, 0.717) is 35.7 Å². The minimum atomic E-state index is 0.00439. The Kier molecular flexibility index (Phi) is 9.58. The van der Waals surface area contributed by atoms with E-state index < -0.39 is 0 Å². The van der Waals surface area contributed by atoms with Gasteiger partial charge in [-0.05, 0) is 55.3 Å². The summed E-state index contributed by atoms with van der Waals surface area (Å²) < 4.78 is 18.4. The molecule has 0 aromatic rings. The van der Waals surface area contributed by atoms with Crippen LogP contribution in [0.25, 0.3) is 0 Å². The average Bonchev–Trinajstić information content (AvgIpc) is 2.66. The van der Waals surface area contributed by atoms with Crippen LogP contribution >= 0.6 is 0 Å². The molecular formula is C24H46O3. The monoisotopic (exact) mass is 382 g/mol. The van der Waals surface area contributed by atoms with E-state index in [-0.39, 0.29) is 5.41 Å². The quantitative estimate of drug-likeness (QED) is 0.466. The fourth-order valence-corrected chi connectivity index (χ4v) is 5.94. The van der Waals surface area contributed by atoms with Crippen molar-refractivity contribution in [2.45, 2.75) is 85.2 Å². The Balaban J connectivity index is 2.18. The highest BCUT2D eigenvalue weighted by atomic mass is 16.5. The predicted octanol–water partition coefficient (Wildman–Crippen LogP) is 5.96. The van der Waals surface area contributed by atoms with Gasteiger partial charge in [0, 0.05) is 19.6 Å². The van der Waals surface area contributed by atoms with Gasteiger partial charge < -0.3 is 14.2 Å². The fraction of sp³-hybridized carbons (Fsp3) is 1.00. The van der Waals surface area contributed by atoms with Crippen molar-refractivity contribution in [1.29, 1.82) is 0 Å². The van der Waals surface area contributed by atoms with Gasteiger partial charge in [-0.25, -0.2) is 0 Å². The minimum Gasteiger partial charge on any atom is -0.384 e. The summed E-state index contributed by atoms with van der Waals surface area (Å²) in [5.74, 6) is 3.39. The van der Waals surface area contributed by atoms with Crippen molar-refractivity contribution in [1.82, 2.24) is 0 Å². The number of rotatable bonds is 10. The number of ether oxygens (including phenoxy) is 3. The first kappa shape index (κ1) is 23.2. The van der Waals surface area contributed by atoms with Gasteiger partial charge in [-0.2, -0.15) is 0 Å². The molecule has 3 nitrogen and oxygen atoms in total. The lowest BCUT2D eigenvalue weighted by molar-refractivity contribution is -0.145. The molecule has 0 bridgehead atoms. The maximum absolute atomic E-state index is 6.89. The van der Waals surface area contributed by atoms with Crippen LogP contribution in [-0.4, -0.2) is 40.1 Å². The van der Waals surface area contributed by atoms with Gasteiger partial charge in [0.1, 0.15) is 0 Å². The van der Waals surface area contributed by atoms with Crippen LogP contribution in [0.15, 0.2) is 0 Å². The summed E-state index contributed by atoms with van der Waals surface area (Å²) in [6.07, 6.45) is 11.0. The third-order valence-corrected chi connectivity index (χ3v) is 7.53. The van der Waals surface area contributed by atoms with Gasteiger partial charge in [0.2, 0.25) is 0 Å². The summed E-state index contributed by atoms with van der Waals surface area (Å²) in [7, 11) is 3.67. The second-order valence-electron chi connectivity index (χ2n) is 10.1. The van der Waals surface area contributed by atoms with Crippen molar-refractivity contribution in [3.05, 3.63) is 0 Å². The van der Waals surface area contributed by atoms with Crippen LogP contribution in [0.3, 0.4) is 0 Å². The lowest BCUT2D eigenvalue weighted by Gasteiger charge is -2.46. The van der Waals surface area contributed by atoms with Crippen molar-refractivity contribution >= 4 is 0 Å². The smallest absolute Gasteiger partial charge is 0.0636 e. The molecule has 2 atom stereocenters. The SMILES string of the molecule is COCC(COC)(COC1C(C(C)C)CCCC1C(C)C)C1CCCCC1. The van der Waals surface area contributed by atoms with E-state index in [1.54, 1.807) is 0 Å². The third-order valence-electron chi connectivity index (χ3n) is 7.53. The van der Waals surface area contributed by atoms with Crippen LogP contribution < -0.4 is 0 Å². The van der Waals surface area contributed by atoms with Crippen LogP contribution in [0.2, 0.25) is 0 Å². The Hall–Kier alpha value is -0.120. The third kappa shape index (κ3) is 5.93. The molecule has 0 radical (unpaired) electrons. The molecule has 0 heterocycles. The molecule has 0 aliphatic heterocycles. The molecule has 0 aromatic heterocycles. The highest BCUT2D eigenvalue weighted by molar-refractivity contribution is 4.91. The van der Waals surface area contributed by atoms with Gasteiger partial charge in [0.15, 0.2) is 0 Å². The van der Waals surface area contributed by atoms with Crippen LogP contribution in [0.1, 0.15) is 79.1 Å². The second-order valence-corrected chi connectivity index (χ2v) is 10.1. The molecule has 3 heteroatoms. The van der Waals surface area contributed by atoms with Crippen molar-refractivity contribution < 1.29 is 14.2 Å². The summed E-state index contributed by atoms with van der Waals surface area (Å²) in [6.45, 7) is 11.8. The van der Waals surface area contributed by atoms with E-state index in [9.17, 15) is 0 Å². The molecule has 0 spiro atoms. The van der Waals surface area contributed by atoms with Crippen LogP contribution in [0.4, 0.5) is 0 Å². The van der Waals surface area contributed by atoms with Crippen molar-refractivity contribution in [2.75, 3.05) is 34.0 Å². The molecule has 160 valence electrons. The molecule has 2 rings (SSSR count). The van der Waals surface area contributed by atoms with Crippen molar-refractivity contribution in [3.8, 4) is 0 Å². The Bertz CT molecular complexity index is 378. The maximum Gasteiger partial charge on any atom is 0.0636 e. The first-order chi connectivity index (χ1) is 12.9. The molecular weight excluding hydrogens is 336 g/mol. The minimum absolute atomic E-state index is 0.00439. The largest absolute Gasteiger partial charge is 0.384 e. The lowest BCUT2D eigenvalue weighted by Crippen LogP contribution is -2.48. The predicted molar refractivity (Wildman–Crippen MR) is 113 cm³/mol. The summed E-state index contributed by atoms with van der Waals surface area (Å²) in [6, 6.07) is 0. The molecule has 2 unspecified atom stereocenters. The fourth-order valence-electron chi connectivity index (χ4n) is 5.94. The van der Waals surface area contributed by atoms with Crippen LogP contribution in [0.5, 0.6) is 0 Å². The van der Waals surface area contributed by atoms with Crippen LogP contribution in [-0.2, 0) is 14.2 Å². The van der Waals surface area contributed by atoms with Gasteiger partial charge in [0.05, 0.1) is 25.9 Å². The summed E-state index contributed by atoms with van der Waals surface area (Å²) in [4.78, 5) is 0. The highest BCUT2D eigenvalue weighted by Gasteiger charge is 2.43. The highest BCUT2D eigenvalue weighted by Crippen LogP contribution is 2.43. The number of methoxy groups -OCH3 is 2. The normalized spacial score (nSPS) is 28.2. The van der Waals surface area contributed by atoms with E-state index in [1.165, 1.54) is 51.4 Å². The Morgan fingerprint density at radius 1 is 0.704 bits per heavy atom. The second kappa shape index (κ2) is 11.2. The van der Waals surface area contributed by atoms with E-state index in [0.717, 1.165) is 19.8 Å². The zero-order valence-electron chi connectivity index (χ0n) is 19.0. The molecule has 0 aromatic carbocycles. The average molecular weight is 383 g/mol. The summed E-state index contributed by atoms with van der Waals surface area (Å²) >= 11 is 0. The van der Waals surface area contributed by atoms with Crippen LogP contribution in [0, 0.1) is 35.0 Å². The first-order valence-electron chi connectivity index (χ1n) is 11.5. The molecule has 2 saturated carbocycles. The maximum atomic E-state index is 6.89. The van der Waals surface area contributed by atoms with Gasteiger partial charge in [-0.15, -0.1) is 0 Å². The molecule has 2 fully saturated rings. The Morgan fingerprint density at radius 2 is 1.22 bits per heavy atom. The van der Waals surface area contributed by atoms with Gasteiger partial charge in [0.25, 0.3) is 0 Å². The first-order valence-corrected chi connectivity index (χ1v) is 11.5. The molecule has 0 amide bonds. The summed E-state index contributed by atoms with van der Waals surface area (Å²) in [5.41, 5.74) is 0.00439. The van der Waals surface area contributed by atoms with Gasteiger partial charge >= 0.3 is 0 Å². The number of hydrogen-bond acceptors (Lipinski definition) is 3. The number of hydrogen-bond donors (Lipinski definition) is 0. The Labute approximate surface area is 168 Å². The van der Waals surface area contributed by atoms with Gasteiger partial charge in [-0.3, -0.25) is 0 Å². The molecule has 0 saturated heterocycles. The van der Waals surface area contributed by atoms with E-state index in [1.807, 2.05) is 14.2 Å². The molecule has 2 aliphatic rings. The zero-order chi connectivity index (χ0) is 19.9. The summed E-state index contributed by atoms with van der Waals surface area (Å²) in [5, 5.41) is 0. The standard InChI is InChI=1S/C24H46O3/c1-18(2)21-13-10-14-22(19(3)4)23(21)27-17-24(15-25-5,16-26-6)20-11-8-7-9-12-20/h18-23H,7-17H2,1-6H3. The zero-order valence-corrected chi connectivity index (χ0v) is 19.0. The lowest BCUT2D eigenvalue weighted by atomic mass is 9.68. The van der Waals surface area contributed by atoms with Gasteiger partial charge in [-0.1, -0.05) is 53.4 Å².